The molecule has 2 aromatic rings. The highest BCUT2D eigenvalue weighted by atomic mass is 79.9. The Morgan fingerprint density at radius 2 is 1.67 bits per heavy atom. The van der Waals surface area contributed by atoms with E-state index in [1.165, 1.54) is 12.1 Å². The Morgan fingerprint density at radius 3 is 2.19 bits per heavy atom. The highest BCUT2D eigenvalue weighted by Gasteiger charge is 2.33. The molecule has 0 amide bonds. The predicted molar refractivity (Wildman–Crippen MR) is 82.4 cm³/mol. The molecule has 0 fully saturated rings. The monoisotopic (exact) mass is 376 g/mol. The smallest absolute Gasteiger partial charge is 0.416 e. The van der Waals surface area contributed by atoms with E-state index in [1.807, 2.05) is 18.4 Å². The third-order valence-corrected chi connectivity index (χ3v) is 4.17. The lowest BCUT2D eigenvalue weighted by Gasteiger charge is -2.13. The van der Waals surface area contributed by atoms with E-state index in [2.05, 4.69) is 15.9 Å². The molecule has 112 valence electrons. The number of rotatable bonds is 4. The van der Waals surface area contributed by atoms with Gasteiger partial charge in [0.05, 0.1) is 5.56 Å². The Kier molecular flexibility index (Phi) is 5.22. The first-order valence-corrected chi connectivity index (χ1v) is 8.36. The van der Waals surface area contributed by atoms with Gasteiger partial charge in [0, 0.05) is 10.2 Å². The van der Waals surface area contributed by atoms with Crippen molar-refractivity contribution in [3.05, 3.63) is 53.6 Å². The highest BCUT2D eigenvalue weighted by Crippen LogP contribution is 2.36. The maximum Gasteiger partial charge on any atom is 0.416 e. The Morgan fingerprint density at radius 1 is 1.05 bits per heavy atom. The first-order chi connectivity index (χ1) is 9.94. The molecular weight excluding hydrogens is 365 g/mol. The first kappa shape index (κ1) is 16.2. The minimum Gasteiger partial charge on any atom is -0.457 e. The normalized spacial score (nSPS) is 11.5. The lowest BCUT2D eigenvalue weighted by Crippen LogP contribution is -2.08. The van der Waals surface area contributed by atoms with Crippen LogP contribution in [0.25, 0.3) is 0 Å². The molecule has 0 saturated heterocycles. The largest absolute Gasteiger partial charge is 0.457 e. The van der Waals surface area contributed by atoms with Gasteiger partial charge in [0.15, 0.2) is 0 Å². The van der Waals surface area contributed by atoms with Gasteiger partial charge in [0.2, 0.25) is 0 Å². The van der Waals surface area contributed by atoms with Gasteiger partial charge in [-0.3, -0.25) is 0 Å². The van der Waals surface area contributed by atoms with Crippen LogP contribution in [0.1, 0.15) is 11.1 Å². The zero-order valence-electron chi connectivity index (χ0n) is 11.1. The van der Waals surface area contributed by atoms with Crippen LogP contribution in [0.4, 0.5) is 13.2 Å². The number of benzene rings is 2. The summed E-state index contributed by atoms with van der Waals surface area (Å²) in [5.74, 6) is 0.677. The second-order valence-corrected chi connectivity index (χ2v) is 5.67. The third-order valence-electron chi connectivity index (χ3n) is 2.83. The van der Waals surface area contributed by atoms with Crippen LogP contribution in [0.15, 0.2) is 47.4 Å². The van der Waals surface area contributed by atoms with Crippen molar-refractivity contribution in [2.75, 3.05) is 6.26 Å². The summed E-state index contributed by atoms with van der Waals surface area (Å²) >= 11 is 4.65. The van der Waals surface area contributed by atoms with Crippen molar-refractivity contribution in [1.82, 2.24) is 0 Å². The zero-order chi connectivity index (χ0) is 15.5. The molecule has 6 heteroatoms. The Hall–Kier alpha value is -1.14. The van der Waals surface area contributed by atoms with Crippen molar-refractivity contribution in [3.63, 3.8) is 0 Å². The predicted octanol–water partition coefficient (Wildman–Crippen LogP) is 6.11. The molecule has 21 heavy (non-hydrogen) atoms. The Balaban J connectivity index is 2.27. The van der Waals surface area contributed by atoms with Gasteiger partial charge in [-0.1, -0.05) is 22.0 Å². The summed E-state index contributed by atoms with van der Waals surface area (Å²) in [6.45, 7) is 0. The lowest BCUT2D eigenvalue weighted by molar-refractivity contribution is -0.138. The molecule has 1 nitrogen and oxygen atoms in total. The molecule has 2 aromatic carbocycles. The molecule has 0 heterocycles. The van der Waals surface area contributed by atoms with E-state index in [1.54, 1.807) is 23.9 Å². The summed E-state index contributed by atoms with van der Waals surface area (Å²) in [6, 6.07) is 11.2. The fraction of sp³-hybridized carbons (Fsp3) is 0.200. The van der Waals surface area contributed by atoms with Gasteiger partial charge >= 0.3 is 6.18 Å². The van der Waals surface area contributed by atoms with Crippen LogP contribution in [-0.4, -0.2) is 6.26 Å². The Bertz CT molecular complexity index is 611. The number of hydrogen-bond acceptors (Lipinski definition) is 2. The summed E-state index contributed by atoms with van der Waals surface area (Å²) in [6.07, 6.45) is -2.45. The minimum atomic E-state index is -4.40. The summed E-state index contributed by atoms with van der Waals surface area (Å²) < 4.78 is 44.4. The molecule has 0 spiro atoms. The number of ether oxygens (including phenoxy) is 1. The van der Waals surface area contributed by atoms with Crippen molar-refractivity contribution in [3.8, 4) is 11.5 Å². The molecular formula is C15H12BrF3OS. The summed E-state index contributed by atoms with van der Waals surface area (Å²) in [5, 5.41) is 0.143. The van der Waals surface area contributed by atoms with Gasteiger partial charge in [0.1, 0.15) is 11.5 Å². The highest BCUT2D eigenvalue weighted by molar-refractivity contribution is 9.08. The maximum atomic E-state index is 13.0. The average Bonchev–Trinajstić information content (AvgIpc) is 2.47. The SMILES string of the molecule is CSc1ccc(Oc2ccc(CBr)c(C(F)(F)F)c2)cc1. The van der Waals surface area contributed by atoms with Gasteiger partial charge in [-0.15, -0.1) is 11.8 Å². The summed E-state index contributed by atoms with van der Waals surface area (Å²) in [5.41, 5.74) is -0.495. The van der Waals surface area contributed by atoms with Crippen molar-refractivity contribution in [2.24, 2.45) is 0 Å². The van der Waals surface area contributed by atoms with Crippen LogP contribution >= 0.6 is 27.7 Å². The topological polar surface area (TPSA) is 9.23 Å². The first-order valence-electron chi connectivity index (χ1n) is 6.02. The minimum absolute atomic E-state index is 0.143. The van der Waals surface area contributed by atoms with Gasteiger partial charge in [0.25, 0.3) is 0 Å². The van der Waals surface area contributed by atoms with E-state index < -0.39 is 11.7 Å². The second-order valence-electron chi connectivity index (χ2n) is 4.23. The molecule has 0 N–H and O–H groups in total. The summed E-state index contributed by atoms with van der Waals surface area (Å²) in [7, 11) is 0. The van der Waals surface area contributed by atoms with Crippen LogP contribution in [0.3, 0.4) is 0 Å². The average molecular weight is 377 g/mol. The molecule has 0 unspecified atom stereocenters. The maximum absolute atomic E-state index is 13.0. The summed E-state index contributed by atoms with van der Waals surface area (Å²) in [4.78, 5) is 1.06. The number of halogens is 4. The molecule has 0 radical (unpaired) electrons. The van der Waals surface area contributed by atoms with E-state index in [0.717, 1.165) is 11.0 Å². The van der Waals surface area contributed by atoms with E-state index >= 15 is 0 Å². The van der Waals surface area contributed by atoms with Crippen LogP contribution in [0.2, 0.25) is 0 Å². The standard InChI is InChI=1S/C15H12BrF3OS/c1-21-13-6-4-11(5-7-13)20-12-3-2-10(9-16)14(8-12)15(17,18)19/h2-8H,9H2,1H3. The molecule has 0 aromatic heterocycles. The molecule has 0 aliphatic heterocycles. The van der Waals surface area contributed by atoms with Gasteiger partial charge in [-0.2, -0.15) is 13.2 Å². The van der Waals surface area contributed by atoms with E-state index in [0.29, 0.717) is 5.75 Å². The molecule has 2 rings (SSSR count). The van der Waals surface area contributed by atoms with Crippen molar-refractivity contribution in [1.29, 1.82) is 0 Å². The number of thioether (sulfide) groups is 1. The van der Waals surface area contributed by atoms with Gasteiger partial charge in [-0.05, 0) is 48.2 Å². The fourth-order valence-corrected chi connectivity index (χ4v) is 2.68. The second kappa shape index (κ2) is 6.75. The quantitative estimate of drug-likeness (QED) is 0.469. The van der Waals surface area contributed by atoms with Crippen LogP contribution < -0.4 is 4.74 Å². The van der Waals surface area contributed by atoms with Gasteiger partial charge in [-0.25, -0.2) is 0 Å². The van der Waals surface area contributed by atoms with Crippen molar-refractivity contribution >= 4 is 27.7 Å². The molecule has 0 bridgehead atoms. The lowest BCUT2D eigenvalue weighted by atomic mass is 10.1. The van der Waals surface area contributed by atoms with Crippen LogP contribution in [0, 0.1) is 0 Å². The van der Waals surface area contributed by atoms with Crippen LogP contribution in [-0.2, 0) is 11.5 Å². The molecule has 0 aliphatic rings. The van der Waals surface area contributed by atoms with Crippen molar-refractivity contribution in [2.45, 2.75) is 16.4 Å². The van der Waals surface area contributed by atoms with E-state index in [4.69, 9.17) is 4.74 Å². The Labute approximate surface area is 133 Å². The van der Waals surface area contributed by atoms with Crippen LogP contribution in [0.5, 0.6) is 11.5 Å². The molecule has 0 atom stereocenters. The molecule has 0 aliphatic carbocycles. The van der Waals surface area contributed by atoms with E-state index in [-0.39, 0.29) is 16.6 Å². The molecule has 0 saturated carbocycles. The fourth-order valence-electron chi connectivity index (χ4n) is 1.78. The number of hydrogen-bond donors (Lipinski definition) is 0. The van der Waals surface area contributed by atoms with E-state index in [9.17, 15) is 13.2 Å². The van der Waals surface area contributed by atoms with Crippen molar-refractivity contribution < 1.29 is 17.9 Å². The zero-order valence-corrected chi connectivity index (χ0v) is 13.5. The third kappa shape index (κ3) is 4.17. The van der Waals surface area contributed by atoms with Gasteiger partial charge < -0.3 is 4.74 Å². The number of alkyl halides is 4.